The molecule has 0 saturated carbocycles. The quantitative estimate of drug-likeness (QED) is 0.431. The molecule has 0 fully saturated rings. The number of nitro benzene ring substituents is 1. The highest BCUT2D eigenvalue weighted by Gasteiger charge is 2.16. The lowest BCUT2D eigenvalue weighted by Gasteiger charge is -2.09. The van der Waals surface area contributed by atoms with Crippen LogP contribution in [0.15, 0.2) is 42.6 Å². The number of carbonyl (C=O) groups excluding carboxylic acids is 1. The van der Waals surface area contributed by atoms with Gasteiger partial charge in [-0.3, -0.25) is 25.7 Å². The van der Waals surface area contributed by atoms with Gasteiger partial charge in [0.1, 0.15) is 0 Å². The van der Waals surface area contributed by atoms with E-state index in [9.17, 15) is 14.9 Å². The van der Waals surface area contributed by atoms with E-state index in [1.54, 1.807) is 24.4 Å². The Balaban J connectivity index is 2.17. The zero-order valence-electron chi connectivity index (χ0n) is 10.9. The van der Waals surface area contributed by atoms with E-state index in [2.05, 4.69) is 15.7 Å². The minimum absolute atomic E-state index is 0.0997. The van der Waals surface area contributed by atoms with Gasteiger partial charge in [-0.25, -0.2) is 0 Å². The van der Waals surface area contributed by atoms with E-state index in [1.165, 1.54) is 18.2 Å². The van der Waals surface area contributed by atoms with Crippen LogP contribution in [0, 0.1) is 10.1 Å². The van der Waals surface area contributed by atoms with Crippen molar-refractivity contribution in [1.82, 2.24) is 10.3 Å². The van der Waals surface area contributed by atoms with E-state index in [-0.39, 0.29) is 17.8 Å². The molecule has 108 valence electrons. The van der Waals surface area contributed by atoms with Crippen molar-refractivity contribution in [3.63, 3.8) is 0 Å². The lowest BCUT2D eigenvalue weighted by Crippen LogP contribution is -2.25. The number of hydrazine groups is 1. The highest BCUT2D eigenvalue weighted by atomic mass is 16.6. The molecular formula is C13H13N5O3. The minimum atomic E-state index is -0.574. The van der Waals surface area contributed by atoms with Gasteiger partial charge >= 0.3 is 0 Å². The smallest absolute Gasteiger partial charge is 0.270 e. The molecule has 8 heteroatoms. The van der Waals surface area contributed by atoms with Gasteiger partial charge in [0.15, 0.2) is 0 Å². The Hall–Kier alpha value is -3.00. The highest BCUT2D eigenvalue weighted by molar-refractivity contribution is 6.00. The van der Waals surface area contributed by atoms with Gasteiger partial charge in [0.05, 0.1) is 28.4 Å². The van der Waals surface area contributed by atoms with Crippen molar-refractivity contribution in [2.75, 3.05) is 5.43 Å². The van der Waals surface area contributed by atoms with Gasteiger partial charge in [-0.05, 0) is 18.2 Å². The predicted molar refractivity (Wildman–Crippen MR) is 76.3 cm³/mol. The summed E-state index contributed by atoms with van der Waals surface area (Å²) in [4.78, 5) is 26.4. The number of nitrogens with two attached hydrogens (primary N) is 1. The van der Waals surface area contributed by atoms with E-state index >= 15 is 0 Å². The van der Waals surface area contributed by atoms with Crippen molar-refractivity contribution in [2.24, 2.45) is 5.84 Å². The van der Waals surface area contributed by atoms with Crippen LogP contribution in [-0.4, -0.2) is 15.8 Å². The summed E-state index contributed by atoms with van der Waals surface area (Å²) in [5.41, 5.74) is 3.24. The molecule has 1 amide bonds. The molecule has 0 spiro atoms. The molecule has 1 aromatic heterocycles. The van der Waals surface area contributed by atoms with E-state index < -0.39 is 10.8 Å². The number of amides is 1. The maximum atomic E-state index is 12.1. The number of anilines is 1. The average Bonchev–Trinajstić information content (AvgIpc) is 2.52. The van der Waals surface area contributed by atoms with Crippen LogP contribution >= 0.6 is 0 Å². The topological polar surface area (TPSA) is 123 Å². The van der Waals surface area contributed by atoms with Crippen molar-refractivity contribution < 1.29 is 9.72 Å². The predicted octanol–water partition coefficient (Wildman–Crippen LogP) is 1.21. The zero-order valence-corrected chi connectivity index (χ0v) is 10.9. The third kappa shape index (κ3) is 3.51. The molecule has 8 nitrogen and oxygen atoms in total. The lowest BCUT2D eigenvalue weighted by atomic mass is 10.1. The molecule has 2 rings (SSSR count). The Morgan fingerprint density at radius 3 is 2.76 bits per heavy atom. The monoisotopic (exact) mass is 287 g/mol. The maximum Gasteiger partial charge on any atom is 0.270 e. The third-order valence-corrected chi connectivity index (χ3v) is 2.77. The third-order valence-electron chi connectivity index (χ3n) is 2.77. The van der Waals surface area contributed by atoms with Crippen molar-refractivity contribution >= 4 is 17.3 Å². The van der Waals surface area contributed by atoms with Gasteiger partial charge < -0.3 is 10.7 Å². The standard InChI is InChI=1S/C13H13N5O3/c14-17-12-5-4-10(18(20)21)7-11(12)13(19)16-8-9-3-1-2-6-15-9/h1-7,17H,8,14H2,(H,16,19). The Morgan fingerprint density at radius 2 is 2.14 bits per heavy atom. The fourth-order valence-corrected chi connectivity index (χ4v) is 1.73. The number of nitrogens with one attached hydrogen (secondary N) is 2. The Kier molecular flexibility index (Phi) is 4.42. The Labute approximate surface area is 120 Å². The number of benzene rings is 1. The van der Waals surface area contributed by atoms with Crippen molar-refractivity contribution in [2.45, 2.75) is 6.54 Å². The fraction of sp³-hybridized carbons (Fsp3) is 0.0769. The molecule has 21 heavy (non-hydrogen) atoms. The molecule has 4 N–H and O–H groups in total. The lowest BCUT2D eigenvalue weighted by molar-refractivity contribution is -0.384. The summed E-state index contributed by atoms with van der Waals surface area (Å²) in [7, 11) is 0. The Bertz CT molecular complexity index is 660. The SMILES string of the molecule is NNc1ccc([N+](=O)[O-])cc1C(=O)NCc1ccccn1. The van der Waals surface area contributed by atoms with E-state index in [0.717, 1.165) is 0 Å². The van der Waals surface area contributed by atoms with E-state index in [0.29, 0.717) is 11.4 Å². The number of hydrogen-bond acceptors (Lipinski definition) is 6. The van der Waals surface area contributed by atoms with Gasteiger partial charge in [-0.15, -0.1) is 0 Å². The number of nitrogens with zero attached hydrogens (tertiary/aromatic N) is 2. The van der Waals surface area contributed by atoms with Crippen molar-refractivity contribution in [3.8, 4) is 0 Å². The maximum absolute atomic E-state index is 12.1. The summed E-state index contributed by atoms with van der Waals surface area (Å²) in [6, 6.07) is 9.15. The summed E-state index contributed by atoms with van der Waals surface area (Å²) in [6.45, 7) is 0.215. The molecule has 0 unspecified atom stereocenters. The second-order valence-corrected chi connectivity index (χ2v) is 4.14. The molecule has 1 heterocycles. The summed E-state index contributed by atoms with van der Waals surface area (Å²) >= 11 is 0. The first-order chi connectivity index (χ1) is 10.1. The molecule has 0 aliphatic rings. The van der Waals surface area contributed by atoms with Crippen LogP contribution in [0.5, 0.6) is 0 Å². The number of nitrogen functional groups attached to an aromatic ring is 1. The van der Waals surface area contributed by atoms with Crippen LogP contribution in [0.2, 0.25) is 0 Å². The molecule has 1 aromatic carbocycles. The minimum Gasteiger partial charge on any atom is -0.346 e. The van der Waals surface area contributed by atoms with E-state index in [4.69, 9.17) is 5.84 Å². The summed E-state index contributed by atoms with van der Waals surface area (Å²) < 4.78 is 0. The highest BCUT2D eigenvalue weighted by Crippen LogP contribution is 2.21. The Morgan fingerprint density at radius 1 is 1.33 bits per heavy atom. The van der Waals surface area contributed by atoms with Crippen LogP contribution in [0.1, 0.15) is 16.1 Å². The molecule has 2 aromatic rings. The second-order valence-electron chi connectivity index (χ2n) is 4.14. The summed E-state index contributed by atoms with van der Waals surface area (Å²) in [6.07, 6.45) is 1.61. The van der Waals surface area contributed by atoms with Gasteiger partial charge in [-0.2, -0.15) is 0 Å². The van der Waals surface area contributed by atoms with Gasteiger partial charge in [0.2, 0.25) is 0 Å². The second kappa shape index (κ2) is 6.44. The molecule has 0 atom stereocenters. The molecule has 0 bridgehead atoms. The molecule has 0 aliphatic carbocycles. The number of non-ortho nitro benzene ring substituents is 1. The van der Waals surface area contributed by atoms with Crippen LogP contribution in [0.25, 0.3) is 0 Å². The fourth-order valence-electron chi connectivity index (χ4n) is 1.73. The van der Waals surface area contributed by atoms with Crippen LogP contribution in [0.4, 0.5) is 11.4 Å². The van der Waals surface area contributed by atoms with Gasteiger partial charge in [0, 0.05) is 18.3 Å². The van der Waals surface area contributed by atoms with Crippen molar-refractivity contribution in [3.05, 3.63) is 64.0 Å². The van der Waals surface area contributed by atoms with Crippen LogP contribution in [0.3, 0.4) is 0 Å². The number of pyridine rings is 1. The molecule has 0 saturated heterocycles. The van der Waals surface area contributed by atoms with Crippen LogP contribution < -0.4 is 16.6 Å². The number of nitro groups is 1. The molecular weight excluding hydrogens is 274 g/mol. The van der Waals surface area contributed by atoms with E-state index in [1.807, 2.05) is 0 Å². The first-order valence-corrected chi connectivity index (χ1v) is 6.05. The van der Waals surface area contributed by atoms with Crippen molar-refractivity contribution in [1.29, 1.82) is 0 Å². The number of aromatic nitrogens is 1. The van der Waals surface area contributed by atoms with Crippen LogP contribution in [-0.2, 0) is 6.54 Å². The van der Waals surface area contributed by atoms with Gasteiger partial charge in [-0.1, -0.05) is 6.07 Å². The molecule has 0 radical (unpaired) electrons. The number of carbonyl (C=O) groups is 1. The summed E-state index contributed by atoms with van der Waals surface area (Å²) in [5.74, 6) is 4.83. The molecule has 0 aliphatic heterocycles. The first kappa shape index (κ1) is 14.4. The zero-order chi connectivity index (χ0) is 15.2. The first-order valence-electron chi connectivity index (χ1n) is 6.05. The largest absolute Gasteiger partial charge is 0.346 e. The van der Waals surface area contributed by atoms with Gasteiger partial charge in [0.25, 0.3) is 11.6 Å². The summed E-state index contributed by atoms with van der Waals surface area (Å²) in [5, 5.41) is 13.4. The normalized spacial score (nSPS) is 9.95. The number of hydrogen-bond donors (Lipinski definition) is 3. The number of rotatable bonds is 5. The average molecular weight is 287 g/mol.